The highest BCUT2D eigenvalue weighted by Gasteiger charge is 2.24. The van der Waals surface area contributed by atoms with Crippen molar-refractivity contribution in [1.29, 1.82) is 0 Å². The second-order valence-electron chi connectivity index (χ2n) is 6.95. The Kier molecular flexibility index (Phi) is 12.4. The Labute approximate surface area is 129 Å². The van der Waals surface area contributed by atoms with Crippen LogP contribution in [-0.2, 0) is 0 Å². The van der Waals surface area contributed by atoms with Crippen molar-refractivity contribution in [2.45, 2.75) is 122 Å². The molecule has 0 bridgehead atoms. The van der Waals surface area contributed by atoms with E-state index in [1.165, 1.54) is 116 Å². The van der Waals surface area contributed by atoms with Gasteiger partial charge in [0.2, 0.25) is 0 Å². The van der Waals surface area contributed by atoms with Crippen LogP contribution >= 0.6 is 0 Å². The molecule has 0 amide bonds. The van der Waals surface area contributed by atoms with Gasteiger partial charge in [0, 0.05) is 0 Å². The van der Waals surface area contributed by atoms with Gasteiger partial charge in [-0.3, -0.25) is 0 Å². The average molecular weight is 280 g/mol. The predicted molar refractivity (Wildman–Crippen MR) is 92.0 cm³/mol. The zero-order valence-corrected chi connectivity index (χ0v) is 14.2. The van der Waals surface area contributed by atoms with Crippen molar-refractivity contribution in [1.82, 2.24) is 0 Å². The van der Waals surface area contributed by atoms with Crippen LogP contribution in [0.4, 0.5) is 0 Å². The van der Waals surface area contributed by atoms with Crippen LogP contribution in [0.15, 0.2) is 0 Å². The molecule has 2 saturated carbocycles. The molecule has 0 heterocycles. The topological polar surface area (TPSA) is 0 Å². The lowest BCUT2D eigenvalue weighted by Gasteiger charge is -2.01. The summed E-state index contributed by atoms with van der Waals surface area (Å²) < 4.78 is 0. The molecule has 0 atom stereocenters. The van der Waals surface area contributed by atoms with Crippen molar-refractivity contribution in [2.24, 2.45) is 0 Å². The molecule has 0 heteroatoms. The van der Waals surface area contributed by atoms with Gasteiger partial charge in [-0.2, -0.15) is 0 Å². The summed E-state index contributed by atoms with van der Waals surface area (Å²) in [6.45, 7) is 2.29. The van der Waals surface area contributed by atoms with E-state index in [0.29, 0.717) is 0 Å². The summed E-state index contributed by atoms with van der Waals surface area (Å²) in [7, 11) is 0. The van der Waals surface area contributed by atoms with Gasteiger partial charge in [0.05, 0.1) is 25.2 Å². The van der Waals surface area contributed by atoms with Gasteiger partial charge in [-0.15, -0.1) is 0 Å². The molecule has 2 rings (SSSR count). The van der Waals surface area contributed by atoms with Crippen molar-refractivity contribution >= 4 is 0 Å². The third-order valence-electron chi connectivity index (χ3n) is 4.94. The number of unbranched alkanes of at least 4 members (excludes halogenated alkanes) is 7. The highest BCUT2D eigenvalue weighted by molar-refractivity contribution is 4.93. The minimum Gasteiger partial charge on any atom is -0.0654 e. The molecule has 0 unspecified atom stereocenters. The summed E-state index contributed by atoms with van der Waals surface area (Å²) in [5, 5.41) is 0. The molecule has 0 aromatic carbocycles. The standard InChI is InChI=1S/C15H29.C5H10/c1-2-3-4-5-6-7-8-9-12-15-13-10-11-14-15;1-2-4-5-3-1/h2-14H2,1H3;1-5H2/q+1;. The lowest BCUT2D eigenvalue weighted by atomic mass is 9.99. The Bertz CT molecular complexity index is 167. The van der Waals surface area contributed by atoms with E-state index in [4.69, 9.17) is 0 Å². The molecular weight excluding hydrogens is 240 g/mol. The molecule has 0 aliphatic heterocycles. The minimum atomic E-state index is 1.37. The summed E-state index contributed by atoms with van der Waals surface area (Å²) in [4.78, 5) is 0. The van der Waals surface area contributed by atoms with E-state index < -0.39 is 0 Å². The highest BCUT2D eigenvalue weighted by atomic mass is 14.2. The van der Waals surface area contributed by atoms with Crippen LogP contribution in [0, 0.1) is 5.92 Å². The van der Waals surface area contributed by atoms with Crippen molar-refractivity contribution < 1.29 is 0 Å². The molecule has 0 saturated heterocycles. The van der Waals surface area contributed by atoms with Gasteiger partial charge < -0.3 is 0 Å². The van der Waals surface area contributed by atoms with E-state index in [0.717, 1.165) is 0 Å². The van der Waals surface area contributed by atoms with Crippen LogP contribution in [0.2, 0.25) is 0 Å². The first-order valence-electron chi connectivity index (χ1n) is 9.77. The molecular formula is C20H39+. The highest BCUT2D eigenvalue weighted by Crippen LogP contribution is 2.31. The summed E-state index contributed by atoms with van der Waals surface area (Å²) in [5.41, 5.74) is 0. The van der Waals surface area contributed by atoms with E-state index in [9.17, 15) is 0 Å². The fraction of sp³-hybridized carbons (Fsp3) is 0.950. The molecule has 2 fully saturated rings. The Hall–Kier alpha value is -0.130. The van der Waals surface area contributed by atoms with Gasteiger partial charge in [-0.1, -0.05) is 77.6 Å². The number of hydrogen-bond acceptors (Lipinski definition) is 0. The molecule has 0 aromatic rings. The SMILES string of the molecule is C1CCCC1.CCCCCCCCCC[C+]1CCCC1. The third-order valence-corrected chi connectivity index (χ3v) is 4.94. The Morgan fingerprint density at radius 2 is 1.00 bits per heavy atom. The molecule has 0 N–H and O–H groups in total. The fourth-order valence-corrected chi connectivity index (χ4v) is 3.52. The van der Waals surface area contributed by atoms with Gasteiger partial charge in [0.25, 0.3) is 0 Å². The molecule has 2 aliphatic rings. The van der Waals surface area contributed by atoms with E-state index in [1.54, 1.807) is 0 Å². The first-order valence-corrected chi connectivity index (χ1v) is 9.77. The molecule has 20 heavy (non-hydrogen) atoms. The predicted octanol–water partition coefficient (Wildman–Crippen LogP) is 7.62. The number of hydrogen-bond donors (Lipinski definition) is 0. The molecule has 0 nitrogen and oxygen atoms in total. The average Bonchev–Trinajstić information content (AvgIpc) is 3.17. The van der Waals surface area contributed by atoms with E-state index in [1.807, 2.05) is 5.92 Å². The van der Waals surface area contributed by atoms with E-state index in [2.05, 4.69) is 6.92 Å². The summed E-state index contributed by atoms with van der Waals surface area (Å²) >= 11 is 0. The van der Waals surface area contributed by atoms with Crippen LogP contribution in [-0.4, -0.2) is 0 Å². The third kappa shape index (κ3) is 10.6. The van der Waals surface area contributed by atoms with Crippen LogP contribution in [0.25, 0.3) is 0 Å². The van der Waals surface area contributed by atoms with Crippen LogP contribution in [0.1, 0.15) is 122 Å². The quantitative estimate of drug-likeness (QED) is 0.301. The summed E-state index contributed by atoms with van der Waals surface area (Å²) in [5.74, 6) is 1.88. The van der Waals surface area contributed by atoms with Crippen LogP contribution in [0.3, 0.4) is 0 Å². The van der Waals surface area contributed by atoms with Gasteiger partial charge >= 0.3 is 0 Å². The van der Waals surface area contributed by atoms with Gasteiger partial charge in [-0.25, -0.2) is 0 Å². The lowest BCUT2D eigenvalue weighted by Crippen LogP contribution is -1.90. The maximum Gasteiger partial charge on any atom is 0.0904 e. The largest absolute Gasteiger partial charge is 0.0904 e. The second kappa shape index (κ2) is 13.8. The minimum absolute atomic E-state index is 1.37. The molecule has 0 radical (unpaired) electrons. The first-order chi connectivity index (χ1) is 9.93. The summed E-state index contributed by atoms with van der Waals surface area (Å²) in [6.07, 6.45) is 26.5. The van der Waals surface area contributed by atoms with Gasteiger partial charge in [0.15, 0.2) is 0 Å². The second-order valence-corrected chi connectivity index (χ2v) is 6.95. The van der Waals surface area contributed by atoms with Crippen LogP contribution < -0.4 is 0 Å². The fourth-order valence-electron chi connectivity index (χ4n) is 3.52. The maximum absolute atomic E-state index is 2.29. The summed E-state index contributed by atoms with van der Waals surface area (Å²) in [6, 6.07) is 0. The molecule has 0 spiro atoms. The van der Waals surface area contributed by atoms with E-state index in [-0.39, 0.29) is 0 Å². The van der Waals surface area contributed by atoms with Gasteiger partial charge in [-0.05, 0) is 25.7 Å². The maximum atomic E-state index is 2.29. The zero-order chi connectivity index (χ0) is 14.3. The first kappa shape index (κ1) is 17.9. The van der Waals surface area contributed by atoms with Crippen molar-refractivity contribution in [2.75, 3.05) is 0 Å². The van der Waals surface area contributed by atoms with Crippen molar-refractivity contribution in [3.8, 4) is 0 Å². The zero-order valence-electron chi connectivity index (χ0n) is 14.2. The van der Waals surface area contributed by atoms with Crippen LogP contribution in [0.5, 0.6) is 0 Å². The molecule has 118 valence electrons. The lowest BCUT2D eigenvalue weighted by molar-refractivity contribution is 0.562. The monoisotopic (exact) mass is 279 g/mol. The number of rotatable bonds is 9. The van der Waals surface area contributed by atoms with Crippen molar-refractivity contribution in [3.05, 3.63) is 5.92 Å². The smallest absolute Gasteiger partial charge is 0.0654 e. The van der Waals surface area contributed by atoms with Gasteiger partial charge in [0.1, 0.15) is 0 Å². The van der Waals surface area contributed by atoms with Crippen molar-refractivity contribution in [3.63, 3.8) is 0 Å². The van der Waals surface area contributed by atoms with E-state index >= 15 is 0 Å². The Morgan fingerprint density at radius 1 is 0.550 bits per heavy atom. The Balaban J connectivity index is 0.000000333. The normalized spacial score (nSPS) is 18.1. The molecule has 2 aliphatic carbocycles. The molecule has 0 aromatic heterocycles. The Morgan fingerprint density at radius 3 is 1.50 bits per heavy atom.